The molecule has 120 valence electrons. The van der Waals surface area contributed by atoms with E-state index in [1.165, 1.54) is 5.56 Å². The van der Waals surface area contributed by atoms with Gasteiger partial charge in [0.05, 0.1) is 11.6 Å². The fourth-order valence-corrected chi connectivity index (χ4v) is 3.08. The Labute approximate surface area is 141 Å². The Morgan fingerprint density at radius 1 is 1.17 bits per heavy atom. The van der Waals surface area contributed by atoms with E-state index in [0.29, 0.717) is 10.9 Å². The van der Waals surface area contributed by atoms with E-state index >= 15 is 0 Å². The van der Waals surface area contributed by atoms with Gasteiger partial charge in [0.1, 0.15) is 11.3 Å². The Kier molecular flexibility index (Phi) is 4.53. The number of fused-ring (bicyclic) bond motifs is 1. The minimum Gasteiger partial charge on any atom is -0.399 e. The van der Waals surface area contributed by atoms with Crippen LogP contribution in [-0.4, -0.2) is 14.5 Å². The molecule has 0 saturated heterocycles. The fraction of sp³-hybridized carbons (Fsp3) is 0.333. The summed E-state index contributed by atoms with van der Waals surface area (Å²) in [6.07, 6.45) is 3.78. The number of hydrogen-bond donors (Lipinski definition) is 1. The number of nitrogens with two attached hydrogens (primary N) is 1. The molecule has 0 radical (unpaired) electrons. The number of rotatable bonds is 5. The third-order valence-corrected chi connectivity index (χ3v) is 4.46. The molecule has 0 aliphatic rings. The van der Waals surface area contributed by atoms with Gasteiger partial charge in [-0.05, 0) is 36.6 Å². The first-order valence-electron chi connectivity index (χ1n) is 7.98. The van der Waals surface area contributed by atoms with E-state index in [4.69, 9.17) is 22.3 Å². The highest BCUT2D eigenvalue weighted by atomic mass is 35.5. The Balaban J connectivity index is 2.11. The first-order valence-corrected chi connectivity index (χ1v) is 8.36. The van der Waals surface area contributed by atoms with Gasteiger partial charge < -0.3 is 10.3 Å². The molecule has 2 N–H and O–H groups in total. The fourth-order valence-electron chi connectivity index (χ4n) is 2.93. The molecule has 2 aromatic heterocycles. The largest absolute Gasteiger partial charge is 0.399 e. The van der Waals surface area contributed by atoms with Gasteiger partial charge in [-0.15, -0.1) is 0 Å². The number of pyridine rings is 1. The van der Waals surface area contributed by atoms with Crippen LogP contribution in [0.25, 0.3) is 11.2 Å². The normalized spacial score (nSPS) is 11.5. The molecule has 3 rings (SSSR count). The van der Waals surface area contributed by atoms with Crippen molar-refractivity contribution in [2.75, 3.05) is 5.73 Å². The lowest BCUT2D eigenvalue weighted by Crippen LogP contribution is -2.10. The summed E-state index contributed by atoms with van der Waals surface area (Å²) >= 11 is 6.08. The van der Waals surface area contributed by atoms with Crippen LogP contribution >= 0.6 is 11.6 Å². The average molecular weight is 329 g/mol. The summed E-state index contributed by atoms with van der Waals surface area (Å²) in [4.78, 5) is 9.33. The van der Waals surface area contributed by atoms with Crippen LogP contribution in [-0.2, 0) is 6.54 Å². The Bertz CT molecular complexity index is 804. The number of anilines is 1. The molecule has 2 heterocycles. The highest BCUT2D eigenvalue weighted by molar-refractivity contribution is 6.31. The molecule has 0 amide bonds. The summed E-state index contributed by atoms with van der Waals surface area (Å²) in [6.45, 7) is 5.13. The standard InChI is InChI=1S/C18H21ClN4/c1-3-13(4-2)17-22-16-9-14(19)10-21-18(16)23(17)11-12-5-7-15(20)8-6-12/h5-10,13H,3-4,11,20H2,1-2H3. The topological polar surface area (TPSA) is 56.7 Å². The Morgan fingerprint density at radius 3 is 2.52 bits per heavy atom. The highest BCUT2D eigenvalue weighted by Crippen LogP contribution is 2.28. The van der Waals surface area contributed by atoms with Crippen molar-refractivity contribution >= 4 is 28.5 Å². The number of benzene rings is 1. The second kappa shape index (κ2) is 6.59. The zero-order chi connectivity index (χ0) is 16.4. The summed E-state index contributed by atoms with van der Waals surface area (Å²) in [6, 6.07) is 9.84. The van der Waals surface area contributed by atoms with Crippen molar-refractivity contribution in [3.05, 3.63) is 52.9 Å². The minimum atomic E-state index is 0.414. The van der Waals surface area contributed by atoms with E-state index < -0.39 is 0 Å². The maximum absolute atomic E-state index is 6.08. The first-order chi connectivity index (χ1) is 11.1. The second-order valence-corrected chi connectivity index (χ2v) is 6.24. The molecule has 0 saturated carbocycles. The molecule has 0 aliphatic heterocycles. The van der Waals surface area contributed by atoms with Gasteiger partial charge >= 0.3 is 0 Å². The van der Waals surface area contributed by atoms with Gasteiger partial charge in [0.15, 0.2) is 5.65 Å². The van der Waals surface area contributed by atoms with Crippen molar-refractivity contribution in [2.24, 2.45) is 0 Å². The van der Waals surface area contributed by atoms with E-state index in [2.05, 4.69) is 23.4 Å². The van der Waals surface area contributed by atoms with Crippen molar-refractivity contribution in [3.8, 4) is 0 Å². The molecule has 3 aromatic rings. The first kappa shape index (κ1) is 15.8. The number of hydrogen-bond acceptors (Lipinski definition) is 3. The van der Waals surface area contributed by atoms with Crippen molar-refractivity contribution in [1.29, 1.82) is 0 Å². The number of nitrogens with zero attached hydrogens (tertiary/aromatic N) is 3. The zero-order valence-electron chi connectivity index (χ0n) is 13.5. The van der Waals surface area contributed by atoms with Crippen molar-refractivity contribution in [3.63, 3.8) is 0 Å². The maximum Gasteiger partial charge on any atom is 0.160 e. The van der Waals surface area contributed by atoms with E-state index in [1.54, 1.807) is 6.20 Å². The monoisotopic (exact) mass is 328 g/mol. The lowest BCUT2D eigenvalue weighted by Gasteiger charge is -2.15. The van der Waals surface area contributed by atoms with E-state index in [-0.39, 0.29) is 0 Å². The van der Waals surface area contributed by atoms with E-state index in [0.717, 1.165) is 42.1 Å². The molecule has 23 heavy (non-hydrogen) atoms. The van der Waals surface area contributed by atoms with E-state index in [1.807, 2.05) is 30.3 Å². The quantitative estimate of drug-likeness (QED) is 0.695. The molecule has 5 heteroatoms. The average Bonchev–Trinajstić information content (AvgIpc) is 2.88. The minimum absolute atomic E-state index is 0.414. The van der Waals surface area contributed by atoms with Crippen molar-refractivity contribution in [2.45, 2.75) is 39.2 Å². The lowest BCUT2D eigenvalue weighted by atomic mass is 10.0. The van der Waals surface area contributed by atoms with Crippen LogP contribution in [0.2, 0.25) is 5.02 Å². The summed E-state index contributed by atoms with van der Waals surface area (Å²) < 4.78 is 2.20. The zero-order valence-corrected chi connectivity index (χ0v) is 14.2. The van der Waals surface area contributed by atoms with E-state index in [9.17, 15) is 0 Å². The van der Waals surface area contributed by atoms with Crippen LogP contribution in [0, 0.1) is 0 Å². The van der Waals surface area contributed by atoms with Crippen LogP contribution in [0.5, 0.6) is 0 Å². The molecule has 0 aliphatic carbocycles. The van der Waals surface area contributed by atoms with Crippen LogP contribution < -0.4 is 5.73 Å². The smallest absolute Gasteiger partial charge is 0.160 e. The Morgan fingerprint density at radius 2 is 1.87 bits per heavy atom. The van der Waals surface area contributed by atoms with Gasteiger partial charge in [0, 0.05) is 17.8 Å². The van der Waals surface area contributed by atoms with Crippen LogP contribution in [0.1, 0.15) is 44.0 Å². The van der Waals surface area contributed by atoms with Crippen molar-refractivity contribution in [1.82, 2.24) is 14.5 Å². The maximum atomic E-state index is 6.08. The van der Waals surface area contributed by atoms with Gasteiger partial charge in [-0.25, -0.2) is 9.97 Å². The number of nitrogen functional groups attached to an aromatic ring is 1. The van der Waals surface area contributed by atoms with Gasteiger partial charge in [-0.2, -0.15) is 0 Å². The number of halogens is 1. The highest BCUT2D eigenvalue weighted by Gasteiger charge is 2.19. The predicted octanol–water partition coefficient (Wildman–Crippen LogP) is 4.62. The SMILES string of the molecule is CCC(CC)c1nc2cc(Cl)cnc2n1Cc1ccc(N)cc1. The molecule has 0 unspecified atom stereocenters. The third kappa shape index (κ3) is 3.17. The van der Waals surface area contributed by atoms with Gasteiger partial charge in [0.2, 0.25) is 0 Å². The number of aromatic nitrogens is 3. The summed E-state index contributed by atoms with van der Waals surface area (Å²) in [7, 11) is 0. The Hall–Kier alpha value is -2.07. The van der Waals surface area contributed by atoms with Crippen molar-refractivity contribution < 1.29 is 0 Å². The molecular formula is C18H21ClN4. The van der Waals surface area contributed by atoms with Gasteiger partial charge in [0.25, 0.3) is 0 Å². The lowest BCUT2D eigenvalue weighted by molar-refractivity contribution is 0.569. The van der Waals surface area contributed by atoms with Crippen LogP contribution in [0.3, 0.4) is 0 Å². The van der Waals surface area contributed by atoms with Gasteiger partial charge in [-0.3, -0.25) is 0 Å². The van der Waals surface area contributed by atoms with Gasteiger partial charge in [-0.1, -0.05) is 37.6 Å². The molecule has 0 atom stereocenters. The van der Waals surface area contributed by atoms with Crippen LogP contribution in [0.15, 0.2) is 36.5 Å². The molecule has 0 spiro atoms. The third-order valence-electron chi connectivity index (χ3n) is 4.25. The summed E-state index contributed by atoms with van der Waals surface area (Å²) in [5, 5.41) is 0.616. The molecule has 0 bridgehead atoms. The number of imidazole rings is 1. The second-order valence-electron chi connectivity index (χ2n) is 5.81. The molecule has 1 aromatic carbocycles. The predicted molar refractivity (Wildman–Crippen MR) is 95.8 cm³/mol. The molecular weight excluding hydrogens is 308 g/mol. The summed E-state index contributed by atoms with van der Waals surface area (Å²) in [5.74, 6) is 1.49. The summed E-state index contributed by atoms with van der Waals surface area (Å²) in [5.41, 5.74) is 9.48. The van der Waals surface area contributed by atoms with Crippen LogP contribution in [0.4, 0.5) is 5.69 Å². The molecule has 0 fully saturated rings. The molecule has 4 nitrogen and oxygen atoms in total.